The van der Waals surface area contributed by atoms with Gasteiger partial charge in [0.15, 0.2) is 11.6 Å². The monoisotopic (exact) mass is 228 g/mol. The lowest BCUT2D eigenvalue weighted by Crippen LogP contribution is -2.00. The van der Waals surface area contributed by atoms with Crippen LogP contribution in [0.3, 0.4) is 0 Å². The van der Waals surface area contributed by atoms with E-state index in [1.54, 1.807) is 0 Å². The highest BCUT2D eigenvalue weighted by Gasteiger charge is 2.07. The van der Waals surface area contributed by atoms with Crippen molar-refractivity contribution >= 4 is 0 Å². The van der Waals surface area contributed by atoms with E-state index in [1.807, 2.05) is 0 Å². The second-order valence-corrected chi connectivity index (χ2v) is 3.81. The predicted octanol–water partition coefficient (Wildman–Crippen LogP) is 4.31. The molecule has 1 rings (SSSR count). The molecule has 16 heavy (non-hydrogen) atoms. The molecule has 1 nitrogen and oxygen atoms in total. The number of ether oxygens (including phenoxy) is 1. The molecule has 0 aliphatic heterocycles. The average molecular weight is 228 g/mol. The number of hydrogen-bond acceptors (Lipinski definition) is 1. The number of unbranched alkanes of at least 4 members (excludes halogenated alkanes) is 4. The molecule has 0 aromatic heterocycles. The van der Waals surface area contributed by atoms with Crippen LogP contribution in [-0.2, 0) is 0 Å². The van der Waals surface area contributed by atoms with Gasteiger partial charge >= 0.3 is 0 Å². The van der Waals surface area contributed by atoms with Crippen LogP contribution in [0.25, 0.3) is 0 Å². The first-order valence-electron chi connectivity index (χ1n) is 5.82. The highest BCUT2D eigenvalue weighted by Crippen LogP contribution is 2.19. The van der Waals surface area contributed by atoms with E-state index in [-0.39, 0.29) is 5.75 Å². The van der Waals surface area contributed by atoms with Crippen molar-refractivity contribution in [2.24, 2.45) is 0 Å². The molecule has 0 atom stereocenters. The lowest BCUT2D eigenvalue weighted by molar-refractivity contribution is 0.285. The standard InChI is InChI=1S/C13H18F2O/c1-2-3-4-5-6-10-16-12-9-7-8-11(14)13(12)15/h7-9H,2-6,10H2,1H3. The first-order chi connectivity index (χ1) is 7.75. The van der Waals surface area contributed by atoms with E-state index in [9.17, 15) is 8.78 Å². The van der Waals surface area contributed by atoms with Crippen molar-refractivity contribution in [3.8, 4) is 5.75 Å². The summed E-state index contributed by atoms with van der Waals surface area (Å²) >= 11 is 0. The zero-order valence-electron chi connectivity index (χ0n) is 9.64. The first kappa shape index (κ1) is 12.9. The van der Waals surface area contributed by atoms with Crippen molar-refractivity contribution in [2.75, 3.05) is 6.61 Å². The molecule has 0 radical (unpaired) electrons. The second-order valence-electron chi connectivity index (χ2n) is 3.81. The number of hydrogen-bond donors (Lipinski definition) is 0. The molecule has 90 valence electrons. The molecule has 0 aliphatic rings. The lowest BCUT2D eigenvalue weighted by Gasteiger charge is -2.07. The summed E-state index contributed by atoms with van der Waals surface area (Å²) in [5, 5.41) is 0. The SMILES string of the molecule is CCCCCCCOc1cccc(F)c1F. The molecule has 1 aromatic rings. The molecule has 1 aromatic carbocycles. The van der Waals surface area contributed by atoms with Gasteiger partial charge in [0.05, 0.1) is 6.61 Å². The van der Waals surface area contributed by atoms with Crippen LogP contribution in [0, 0.1) is 11.6 Å². The van der Waals surface area contributed by atoms with Gasteiger partial charge in [0.2, 0.25) is 5.82 Å². The van der Waals surface area contributed by atoms with Crippen molar-refractivity contribution in [1.29, 1.82) is 0 Å². The summed E-state index contributed by atoms with van der Waals surface area (Å²) in [5.74, 6) is -1.74. The van der Waals surface area contributed by atoms with Crippen LogP contribution in [0.4, 0.5) is 8.78 Å². The van der Waals surface area contributed by atoms with E-state index in [2.05, 4.69) is 6.92 Å². The van der Waals surface area contributed by atoms with Gasteiger partial charge in [-0.1, -0.05) is 38.7 Å². The van der Waals surface area contributed by atoms with Crippen molar-refractivity contribution < 1.29 is 13.5 Å². The van der Waals surface area contributed by atoms with Crippen LogP contribution in [0.1, 0.15) is 39.0 Å². The van der Waals surface area contributed by atoms with Gasteiger partial charge in [0.25, 0.3) is 0 Å². The van der Waals surface area contributed by atoms with Gasteiger partial charge in [-0.15, -0.1) is 0 Å². The Morgan fingerprint density at radius 2 is 1.81 bits per heavy atom. The van der Waals surface area contributed by atoms with Crippen LogP contribution in [0.2, 0.25) is 0 Å². The fourth-order valence-corrected chi connectivity index (χ4v) is 1.48. The minimum Gasteiger partial charge on any atom is -0.490 e. The minimum absolute atomic E-state index is 0.00971. The van der Waals surface area contributed by atoms with Gasteiger partial charge < -0.3 is 4.74 Å². The van der Waals surface area contributed by atoms with Crippen molar-refractivity contribution in [3.05, 3.63) is 29.8 Å². The Balaban J connectivity index is 2.24. The Bertz CT molecular complexity index is 313. The lowest BCUT2D eigenvalue weighted by atomic mass is 10.2. The average Bonchev–Trinajstić information content (AvgIpc) is 2.29. The third-order valence-corrected chi connectivity index (χ3v) is 2.42. The summed E-state index contributed by atoms with van der Waals surface area (Å²) in [6.45, 7) is 2.60. The molecule has 0 saturated carbocycles. The Labute approximate surface area is 95.4 Å². The maximum Gasteiger partial charge on any atom is 0.200 e. The Morgan fingerprint density at radius 1 is 1.06 bits per heavy atom. The summed E-state index contributed by atoms with van der Waals surface area (Å²) in [4.78, 5) is 0. The van der Waals surface area contributed by atoms with E-state index < -0.39 is 11.6 Å². The molecule has 0 aliphatic carbocycles. The Kier molecular flexibility index (Phi) is 5.83. The Hall–Kier alpha value is -1.12. The molecule has 0 unspecified atom stereocenters. The zero-order chi connectivity index (χ0) is 11.8. The van der Waals surface area contributed by atoms with Gasteiger partial charge in [0.1, 0.15) is 0 Å². The van der Waals surface area contributed by atoms with Crippen LogP contribution >= 0.6 is 0 Å². The summed E-state index contributed by atoms with van der Waals surface area (Å²) in [5.41, 5.74) is 0. The molecule has 0 bridgehead atoms. The number of halogens is 2. The van der Waals surface area contributed by atoms with Gasteiger partial charge in [-0.25, -0.2) is 4.39 Å². The predicted molar refractivity (Wildman–Crippen MR) is 60.6 cm³/mol. The first-order valence-corrected chi connectivity index (χ1v) is 5.82. The second kappa shape index (κ2) is 7.20. The van der Waals surface area contributed by atoms with Gasteiger partial charge in [-0.3, -0.25) is 0 Å². The maximum absolute atomic E-state index is 13.1. The molecule has 0 fully saturated rings. The van der Waals surface area contributed by atoms with Crippen molar-refractivity contribution in [1.82, 2.24) is 0 Å². The molecule has 0 saturated heterocycles. The van der Waals surface area contributed by atoms with Crippen LogP contribution in [-0.4, -0.2) is 6.61 Å². The summed E-state index contributed by atoms with van der Waals surface area (Å²) in [6, 6.07) is 3.98. The number of benzene rings is 1. The van der Waals surface area contributed by atoms with Gasteiger partial charge in [-0.2, -0.15) is 4.39 Å². The fourth-order valence-electron chi connectivity index (χ4n) is 1.48. The third-order valence-electron chi connectivity index (χ3n) is 2.42. The van der Waals surface area contributed by atoms with E-state index in [0.29, 0.717) is 6.61 Å². The third kappa shape index (κ3) is 4.17. The van der Waals surface area contributed by atoms with E-state index >= 15 is 0 Å². The molecule has 0 amide bonds. The van der Waals surface area contributed by atoms with Crippen LogP contribution in [0.5, 0.6) is 5.75 Å². The fraction of sp³-hybridized carbons (Fsp3) is 0.538. The highest BCUT2D eigenvalue weighted by atomic mass is 19.2. The quantitative estimate of drug-likeness (QED) is 0.632. The number of rotatable bonds is 7. The largest absolute Gasteiger partial charge is 0.490 e. The van der Waals surface area contributed by atoms with E-state index in [0.717, 1.165) is 18.9 Å². The normalized spacial score (nSPS) is 10.4. The molecular formula is C13H18F2O. The minimum atomic E-state index is -0.893. The topological polar surface area (TPSA) is 9.23 Å². The molecule has 0 heterocycles. The summed E-state index contributed by atoms with van der Waals surface area (Å²) in [7, 11) is 0. The van der Waals surface area contributed by atoms with Crippen molar-refractivity contribution in [3.63, 3.8) is 0 Å². The molecule has 0 spiro atoms. The van der Waals surface area contributed by atoms with Crippen molar-refractivity contribution in [2.45, 2.75) is 39.0 Å². The zero-order valence-corrected chi connectivity index (χ0v) is 9.64. The Morgan fingerprint density at radius 3 is 2.56 bits per heavy atom. The highest BCUT2D eigenvalue weighted by molar-refractivity contribution is 5.24. The van der Waals surface area contributed by atoms with E-state index in [4.69, 9.17) is 4.74 Å². The van der Waals surface area contributed by atoms with Gasteiger partial charge in [-0.05, 0) is 18.6 Å². The summed E-state index contributed by atoms with van der Waals surface area (Å²) < 4.78 is 31.1. The maximum atomic E-state index is 13.1. The summed E-state index contributed by atoms with van der Waals surface area (Å²) in [6.07, 6.45) is 5.54. The molecule has 0 N–H and O–H groups in total. The van der Waals surface area contributed by atoms with Gasteiger partial charge in [0, 0.05) is 0 Å². The molecular weight excluding hydrogens is 210 g/mol. The molecule has 3 heteroatoms. The van der Waals surface area contributed by atoms with E-state index in [1.165, 1.54) is 31.4 Å². The van der Waals surface area contributed by atoms with Crippen LogP contribution in [0.15, 0.2) is 18.2 Å². The van der Waals surface area contributed by atoms with Crippen LogP contribution < -0.4 is 4.74 Å². The smallest absolute Gasteiger partial charge is 0.200 e.